The predicted molar refractivity (Wildman–Crippen MR) is 69.5 cm³/mol. The molecule has 0 amide bonds. The van der Waals surface area contributed by atoms with Gasteiger partial charge in [-0.3, -0.25) is 4.79 Å². The minimum absolute atomic E-state index is 0.0762. The molecule has 2 rings (SSSR count). The van der Waals surface area contributed by atoms with Crippen LogP contribution >= 0.6 is 0 Å². The Bertz CT molecular complexity index is 530. The number of hydrogen-bond donors (Lipinski definition) is 1. The summed E-state index contributed by atoms with van der Waals surface area (Å²) in [6.07, 6.45) is 1.72. The molecule has 1 aromatic heterocycles. The summed E-state index contributed by atoms with van der Waals surface area (Å²) in [7, 11) is 0. The largest absolute Gasteiger partial charge is 0.378 e. The second kappa shape index (κ2) is 5.44. The molecule has 94 valence electrons. The highest BCUT2D eigenvalue weighted by Crippen LogP contribution is 2.11. The summed E-state index contributed by atoms with van der Waals surface area (Å²) < 4.78 is 1.98. The molecule has 0 saturated carbocycles. The van der Waals surface area contributed by atoms with Crippen LogP contribution in [0, 0.1) is 0 Å². The number of rotatable bonds is 5. The first kappa shape index (κ1) is 12.3. The number of hydrogen-bond acceptors (Lipinski definition) is 4. The van der Waals surface area contributed by atoms with Gasteiger partial charge >= 0.3 is 0 Å². The highest BCUT2D eigenvalue weighted by molar-refractivity contribution is 5.94. The van der Waals surface area contributed by atoms with Crippen molar-refractivity contribution in [2.45, 2.75) is 26.9 Å². The Morgan fingerprint density at radius 2 is 2.06 bits per heavy atom. The van der Waals surface area contributed by atoms with Crippen LogP contribution in [0.1, 0.15) is 30.0 Å². The van der Waals surface area contributed by atoms with Gasteiger partial charge < -0.3 is 9.88 Å². The van der Waals surface area contributed by atoms with Gasteiger partial charge in [-0.15, -0.1) is 10.2 Å². The van der Waals surface area contributed by atoms with Crippen LogP contribution in [-0.2, 0) is 13.1 Å². The molecule has 0 aliphatic carbocycles. The van der Waals surface area contributed by atoms with Crippen LogP contribution in [0.3, 0.4) is 0 Å². The van der Waals surface area contributed by atoms with Gasteiger partial charge in [0.05, 0.1) is 6.54 Å². The van der Waals surface area contributed by atoms with Crippen LogP contribution in [0.15, 0.2) is 30.6 Å². The van der Waals surface area contributed by atoms with Gasteiger partial charge in [0.25, 0.3) is 0 Å². The summed E-state index contributed by atoms with van der Waals surface area (Å²) in [6.45, 7) is 5.08. The lowest BCUT2D eigenvalue weighted by molar-refractivity contribution is 0.101. The van der Waals surface area contributed by atoms with Gasteiger partial charge in [0, 0.05) is 17.8 Å². The third kappa shape index (κ3) is 2.74. The summed E-state index contributed by atoms with van der Waals surface area (Å²) in [5, 5.41) is 11.2. The van der Waals surface area contributed by atoms with Gasteiger partial charge in [0.2, 0.25) is 0 Å². The number of nitrogens with zero attached hydrogens (tertiary/aromatic N) is 3. The number of aromatic nitrogens is 3. The maximum atomic E-state index is 11.1. The minimum atomic E-state index is 0.0762. The predicted octanol–water partition coefficient (Wildman–Crippen LogP) is 2.11. The molecule has 18 heavy (non-hydrogen) atoms. The van der Waals surface area contributed by atoms with Crippen molar-refractivity contribution in [2.24, 2.45) is 0 Å². The van der Waals surface area contributed by atoms with E-state index >= 15 is 0 Å². The van der Waals surface area contributed by atoms with Gasteiger partial charge in [-0.05, 0) is 38.1 Å². The van der Waals surface area contributed by atoms with E-state index in [2.05, 4.69) is 22.4 Å². The standard InChI is InChI=1S/C13H16N4O/c1-3-17-9-15-16-13(17)8-14-12-6-4-11(5-7-12)10(2)18/h4-7,9,14H,3,8H2,1-2H3. The first-order valence-electron chi connectivity index (χ1n) is 5.92. The molecule has 0 bridgehead atoms. The number of nitrogens with one attached hydrogen (secondary N) is 1. The molecule has 0 unspecified atom stereocenters. The number of anilines is 1. The fourth-order valence-electron chi connectivity index (χ4n) is 1.68. The molecule has 0 radical (unpaired) electrons. The topological polar surface area (TPSA) is 59.8 Å². The van der Waals surface area contributed by atoms with E-state index in [0.717, 1.165) is 23.6 Å². The van der Waals surface area contributed by atoms with Crippen molar-refractivity contribution >= 4 is 11.5 Å². The van der Waals surface area contributed by atoms with Gasteiger partial charge in [-0.1, -0.05) is 0 Å². The first-order chi connectivity index (χ1) is 8.70. The molecule has 0 saturated heterocycles. The third-order valence-electron chi connectivity index (χ3n) is 2.78. The Balaban J connectivity index is 2.00. The number of Topliss-reactive ketones (excluding diaryl/α,β-unsaturated/α-hetero) is 1. The highest BCUT2D eigenvalue weighted by atomic mass is 16.1. The van der Waals surface area contributed by atoms with Crippen LogP contribution in [0.2, 0.25) is 0 Å². The summed E-state index contributed by atoms with van der Waals surface area (Å²) in [5.74, 6) is 0.973. The number of carbonyl (C=O) groups excluding carboxylic acids is 1. The summed E-state index contributed by atoms with van der Waals surface area (Å²) in [6, 6.07) is 7.41. The van der Waals surface area contributed by atoms with Crippen LogP contribution in [-0.4, -0.2) is 20.5 Å². The van der Waals surface area contributed by atoms with Crippen LogP contribution < -0.4 is 5.32 Å². The molecule has 0 atom stereocenters. The van der Waals surface area contributed by atoms with Crippen LogP contribution in [0.5, 0.6) is 0 Å². The average Bonchev–Trinajstić information content (AvgIpc) is 2.84. The van der Waals surface area contributed by atoms with Gasteiger partial charge in [0.15, 0.2) is 11.6 Å². The van der Waals surface area contributed by atoms with E-state index in [1.54, 1.807) is 13.3 Å². The zero-order valence-electron chi connectivity index (χ0n) is 10.6. The number of ketones is 1. The van der Waals surface area contributed by atoms with Gasteiger partial charge in [-0.25, -0.2) is 0 Å². The van der Waals surface area contributed by atoms with Gasteiger partial charge in [0.1, 0.15) is 6.33 Å². The number of benzene rings is 1. The summed E-state index contributed by atoms with van der Waals surface area (Å²) in [4.78, 5) is 11.1. The Labute approximate surface area is 106 Å². The zero-order chi connectivity index (χ0) is 13.0. The lowest BCUT2D eigenvalue weighted by atomic mass is 10.1. The third-order valence-corrected chi connectivity index (χ3v) is 2.78. The molecule has 1 N–H and O–H groups in total. The van der Waals surface area contributed by atoms with Crippen molar-refractivity contribution in [1.82, 2.24) is 14.8 Å². The highest BCUT2D eigenvalue weighted by Gasteiger charge is 2.03. The Hall–Kier alpha value is -2.17. The van der Waals surface area contributed by atoms with E-state index in [4.69, 9.17) is 0 Å². The van der Waals surface area contributed by atoms with E-state index in [1.807, 2.05) is 28.8 Å². The summed E-state index contributed by atoms with van der Waals surface area (Å²) in [5.41, 5.74) is 1.68. The SMILES string of the molecule is CCn1cnnc1CNc1ccc(C(C)=O)cc1. The average molecular weight is 244 g/mol. The molecule has 0 spiro atoms. The minimum Gasteiger partial charge on any atom is -0.378 e. The molecule has 1 heterocycles. The van der Waals surface area contributed by atoms with Crippen molar-refractivity contribution < 1.29 is 4.79 Å². The molecular weight excluding hydrogens is 228 g/mol. The van der Waals surface area contributed by atoms with E-state index < -0.39 is 0 Å². The summed E-state index contributed by atoms with van der Waals surface area (Å²) >= 11 is 0. The smallest absolute Gasteiger partial charge is 0.159 e. The van der Waals surface area contributed by atoms with Crippen molar-refractivity contribution in [3.8, 4) is 0 Å². The van der Waals surface area contributed by atoms with Crippen molar-refractivity contribution in [1.29, 1.82) is 0 Å². The van der Waals surface area contributed by atoms with Crippen molar-refractivity contribution in [3.05, 3.63) is 42.0 Å². The van der Waals surface area contributed by atoms with Crippen LogP contribution in [0.4, 0.5) is 5.69 Å². The molecule has 2 aromatic rings. The Morgan fingerprint density at radius 1 is 1.33 bits per heavy atom. The molecule has 5 heteroatoms. The maximum Gasteiger partial charge on any atom is 0.159 e. The van der Waals surface area contributed by atoms with Crippen molar-refractivity contribution in [3.63, 3.8) is 0 Å². The Morgan fingerprint density at radius 3 is 2.67 bits per heavy atom. The zero-order valence-corrected chi connectivity index (χ0v) is 10.6. The maximum absolute atomic E-state index is 11.1. The lowest BCUT2D eigenvalue weighted by Gasteiger charge is -2.07. The fraction of sp³-hybridized carbons (Fsp3) is 0.308. The molecule has 0 aliphatic rings. The second-order valence-corrected chi connectivity index (χ2v) is 4.02. The van der Waals surface area contributed by atoms with Gasteiger partial charge in [-0.2, -0.15) is 0 Å². The quantitative estimate of drug-likeness (QED) is 0.818. The monoisotopic (exact) mass is 244 g/mol. The molecule has 1 aromatic carbocycles. The fourth-order valence-corrected chi connectivity index (χ4v) is 1.68. The molecular formula is C13H16N4O. The van der Waals surface area contributed by atoms with E-state index in [1.165, 1.54) is 0 Å². The number of carbonyl (C=O) groups is 1. The molecule has 5 nitrogen and oxygen atoms in total. The Kier molecular flexibility index (Phi) is 3.72. The first-order valence-corrected chi connectivity index (χ1v) is 5.92. The molecule has 0 aliphatic heterocycles. The van der Waals surface area contributed by atoms with E-state index in [9.17, 15) is 4.79 Å². The van der Waals surface area contributed by atoms with E-state index in [0.29, 0.717) is 6.54 Å². The normalized spacial score (nSPS) is 10.3. The lowest BCUT2D eigenvalue weighted by Crippen LogP contribution is -2.07. The molecule has 0 fully saturated rings. The number of aryl methyl sites for hydroxylation is 1. The van der Waals surface area contributed by atoms with E-state index in [-0.39, 0.29) is 5.78 Å². The van der Waals surface area contributed by atoms with Crippen molar-refractivity contribution in [2.75, 3.05) is 5.32 Å². The second-order valence-electron chi connectivity index (χ2n) is 4.02. The van der Waals surface area contributed by atoms with Crippen LogP contribution in [0.25, 0.3) is 0 Å².